The van der Waals surface area contributed by atoms with Crippen molar-refractivity contribution in [3.05, 3.63) is 38.3 Å². The summed E-state index contributed by atoms with van der Waals surface area (Å²) >= 11 is 4.57. The molecule has 0 aliphatic carbocycles. The summed E-state index contributed by atoms with van der Waals surface area (Å²) < 4.78 is 0.654. The Morgan fingerprint density at radius 1 is 1.61 bits per heavy atom. The Morgan fingerprint density at radius 3 is 2.83 bits per heavy atom. The average molecular weight is 334 g/mol. The van der Waals surface area contributed by atoms with Gasteiger partial charge in [-0.1, -0.05) is 28.9 Å². The first-order valence-electron chi connectivity index (χ1n) is 5.15. The molecule has 0 saturated heterocycles. The summed E-state index contributed by atoms with van der Waals surface area (Å²) in [5, 5.41) is 19.6. The van der Waals surface area contributed by atoms with Crippen LogP contribution in [0.3, 0.4) is 0 Å². The predicted octanol–water partition coefficient (Wildman–Crippen LogP) is 3.31. The van der Waals surface area contributed by atoms with Crippen LogP contribution in [-0.2, 0) is 10.5 Å². The van der Waals surface area contributed by atoms with Crippen molar-refractivity contribution in [2.24, 2.45) is 5.92 Å². The smallest absolute Gasteiger partial charge is 0.307 e. The molecular weight excluding hydrogens is 322 g/mol. The van der Waals surface area contributed by atoms with Gasteiger partial charge in [0, 0.05) is 27.6 Å². The molecule has 0 fully saturated rings. The summed E-state index contributed by atoms with van der Waals surface area (Å²) in [4.78, 5) is 21.1. The largest absolute Gasteiger partial charge is 0.481 e. The molecule has 1 aromatic rings. The van der Waals surface area contributed by atoms with Crippen LogP contribution in [0.1, 0.15) is 12.5 Å². The number of benzene rings is 1. The number of carboxylic acid groups (broad SMARTS) is 1. The van der Waals surface area contributed by atoms with Crippen molar-refractivity contribution >= 4 is 39.3 Å². The van der Waals surface area contributed by atoms with Crippen LogP contribution in [0.4, 0.5) is 5.69 Å². The zero-order chi connectivity index (χ0) is 13.7. The van der Waals surface area contributed by atoms with Gasteiger partial charge in [0.15, 0.2) is 0 Å². The van der Waals surface area contributed by atoms with Gasteiger partial charge in [-0.15, -0.1) is 0 Å². The molecule has 0 heterocycles. The zero-order valence-corrected chi connectivity index (χ0v) is 12.0. The number of aliphatic carboxylic acids is 1. The Hall–Kier alpha value is -1.08. The maximum atomic E-state index is 10.9. The van der Waals surface area contributed by atoms with E-state index in [1.807, 2.05) is 0 Å². The molecule has 98 valence electrons. The van der Waals surface area contributed by atoms with Gasteiger partial charge in [-0.05, 0) is 6.07 Å². The number of thioether (sulfide) groups is 1. The van der Waals surface area contributed by atoms with Crippen LogP contribution in [0.15, 0.2) is 22.7 Å². The maximum Gasteiger partial charge on any atom is 0.307 e. The fourth-order valence-corrected chi connectivity index (χ4v) is 2.67. The Kier molecular flexibility index (Phi) is 5.61. The van der Waals surface area contributed by atoms with Crippen molar-refractivity contribution in [1.29, 1.82) is 0 Å². The number of hydrogen-bond donors (Lipinski definition) is 1. The number of rotatable bonds is 6. The Morgan fingerprint density at radius 2 is 2.28 bits per heavy atom. The van der Waals surface area contributed by atoms with E-state index in [4.69, 9.17) is 5.11 Å². The lowest BCUT2D eigenvalue weighted by Gasteiger charge is -2.06. The van der Waals surface area contributed by atoms with Crippen LogP contribution in [0.2, 0.25) is 0 Å². The van der Waals surface area contributed by atoms with Crippen LogP contribution in [0.25, 0.3) is 0 Å². The summed E-state index contributed by atoms with van der Waals surface area (Å²) in [6, 6.07) is 4.88. The topological polar surface area (TPSA) is 80.4 Å². The van der Waals surface area contributed by atoms with E-state index in [1.165, 1.54) is 17.8 Å². The molecule has 0 aromatic heterocycles. The quantitative estimate of drug-likeness (QED) is 0.638. The molecule has 0 aliphatic heterocycles. The minimum Gasteiger partial charge on any atom is -0.481 e. The molecule has 0 bridgehead atoms. The summed E-state index contributed by atoms with van der Waals surface area (Å²) in [6.07, 6.45) is 0. The highest BCUT2D eigenvalue weighted by Crippen LogP contribution is 2.27. The molecule has 18 heavy (non-hydrogen) atoms. The van der Waals surface area contributed by atoms with E-state index >= 15 is 0 Å². The van der Waals surface area contributed by atoms with E-state index in [0.29, 0.717) is 21.5 Å². The van der Waals surface area contributed by atoms with E-state index in [-0.39, 0.29) is 5.69 Å². The third-order valence-corrected chi connectivity index (χ3v) is 4.04. The summed E-state index contributed by atoms with van der Waals surface area (Å²) in [6.45, 7) is 1.62. The Balaban J connectivity index is 2.67. The monoisotopic (exact) mass is 333 g/mol. The van der Waals surface area contributed by atoms with Crippen LogP contribution >= 0.6 is 27.7 Å². The van der Waals surface area contributed by atoms with Gasteiger partial charge in [-0.3, -0.25) is 14.9 Å². The molecule has 0 radical (unpaired) electrons. The van der Waals surface area contributed by atoms with Crippen LogP contribution in [-0.4, -0.2) is 21.8 Å². The first kappa shape index (κ1) is 15.0. The van der Waals surface area contributed by atoms with Crippen molar-refractivity contribution in [2.45, 2.75) is 12.7 Å². The van der Waals surface area contributed by atoms with Gasteiger partial charge in [-0.2, -0.15) is 11.8 Å². The van der Waals surface area contributed by atoms with Gasteiger partial charge in [0.1, 0.15) is 0 Å². The molecule has 1 atom stereocenters. The fraction of sp³-hybridized carbons (Fsp3) is 0.364. The Bertz CT molecular complexity index is 466. The Labute approximate surface area is 117 Å². The number of halogens is 1. The predicted molar refractivity (Wildman–Crippen MR) is 73.8 cm³/mol. The molecule has 1 N–H and O–H groups in total. The van der Waals surface area contributed by atoms with Crippen molar-refractivity contribution < 1.29 is 14.8 Å². The standard InChI is InChI=1S/C11H12BrNO4S/c1-7(11(14)15)5-18-6-8-2-3-9(12)4-10(8)13(16)17/h2-4,7H,5-6H2,1H3,(H,14,15). The number of hydrogen-bond acceptors (Lipinski definition) is 4. The molecule has 0 saturated carbocycles. The van der Waals surface area contributed by atoms with Gasteiger partial charge >= 0.3 is 5.97 Å². The minimum atomic E-state index is -0.854. The van der Waals surface area contributed by atoms with E-state index < -0.39 is 16.8 Å². The molecule has 1 rings (SSSR count). The molecule has 1 aromatic carbocycles. The second-order valence-electron chi connectivity index (χ2n) is 3.78. The number of carbonyl (C=O) groups is 1. The molecule has 0 amide bonds. The van der Waals surface area contributed by atoms with Crippen LogP contribution in [0.5, 0.6) is 0 Å². The summed E-state index contributed by atoms with van der Waals surface area (Å²) in [5.41, 5.74) is 0.658. The van der Waals surface area contributed by atoms with E-state index in [1.54, 1.807) is 19.1 Å². The van der Waals surface area contributed by atoms with Gasteiger partial charge in [0.25, 0.3) is 5.69 Å². The number of nitro benzene ring substituents is 1. The van der Waals surface area contributed by atoms with Crippen LogP contribution < -0.4 is 0 Å². The van der Waals surface area contributed by atoms with Crippen LogP contribution in [0, 0.1) is 16.0 Å². The third-order valence-electron chi connectivity index (χ3n) is 2.29. The van der Waals surface area contributed by atoms with E-state index in [0.717, 1.165) is 0 Å². The normalized spacial score (nSPS) is 12.1. The van der Waals surface area contributed by atoms with Crippen molar-refractivity contribution in [1.82, 2.24) is 0 Å². The fourth-order valence-electron chi connectivity index (χ4n) is 1.25. The second kappa shape index (κ2) is 6.75. The molecule has 0 aliphatic rings. The third kappa shape index (κ3) is 4.30. The maximum absolute atomic E-state index is 10.9. The molecular formula is C11H12BrNO4S. The number of nitro groups is 1. The lowest BCUT2D eigenvalue weighted by atomic mass is 10.2. The number of carboxylic acids is 1. The number of nitrogens with zero attached hydrogens (tertiary/aromatic N) is 1. The second-order valence-corrected chi connectivity index (χ2v) is 5.73. The zero-order valence-electron chi connectivity index (χ0n) is 9.63. The lowest BCUT2D eigenvalue weighted by Crippen LogP contribution is -2.11. The van der Waals surface area contributed by atoms with Gasteiger partial charge in [0.05, 0.1) is 10.8 Å². The first-order chi connectivity index (χ1) is 8.41. The SMILES string of the molecule is CC(CSCc1ccc(Br)cc1[N+](=O)[O-])C(=O)O. The first-order valence-corrected chi connectivity index (χ1v) is 7.10. The van der Waals surface area contributed by atoms with E-state index in [2.05, 4.69) is 15.9 Å². The lowest BCUT2D eigenvalue weighted by molar-refractivity contribution is -0.385. The van der Waals surface area contributed by atoms with Gasteiger partial charge in [0.2, 0.25) is 0 Å². The molecule has 1 unspecified atom stereocenters. The molecule has 0 spiro atoms. The van der Waals surface area contributed by atoms with Gasteiger partial charge < -0.3 is 5.11 Å². The van der Waals surface area contributed by atoms with Crippen molar-refractivity contribution in [2.75, 3.05) is 5.75 Å². The minimum absolute atomic E-state index is 0.0554. The van der Waals surface area contributed by atoms with Crippen molar-refractivity contribution in [3.63, 3.8) is 0 Å². The molecule has 5 nitrogen and oxygen atoms in total. The molecule has 7 heteroatoms. The highest BCUT2D eigenvalue weighted by atomic mass is 79.9. The highest BCUT2D eigenvalue weighted by molar-refractivity contribution is 9.10. The highest BCUT2D eigenvalue weighted by Gasteiger charge is 2.15. The summed E-state index contributed by atoms with van der Waals surface area (Å²) in [7, 11) is 0. The average Bonchev–Trinajstić information content (AvgIpc) is 2.30. The van der Waals surface area contributed by atoms with Gasteiger partial charge in [-0.25, -0.2) is 0 Å². The summed E-state index contributed by atoms with van der Waals surface area (Å²) in [5.74, 6) is -0.443. The van der Waals surface area contributed by atoms with E-state index in [9.17, 15) is 14.9 Å². The van der Waals surface area contributed by atoms with Crippen molar-refractivity contribution in [3.8, 4) is 0 Å².